The maximum Gasteiger partial charge on any atom is 0.330 e. The highest BCUT2D eigenvalue weighted by atomic mass is 16.5. The molecular weight excluding hydrogens is 208 g/mol. The lowest BCUT2D eigenvalue weighted by Gasteiger charge is -2.04. The van der Waals surface area contributed by atoms with Crippen molar-refractivity contribution in [3.05, 3.63) is 57.2 Å². The quantitative estimate of drug-likeness (QED) is 0.813. The number of hydrogen-bond acceptors (Lipinski definition) is 3. The number of rotatable bonds is 2. The van der Waals surface area contributed by atoms with Crippen LogP contribution in [0.5, 0.6) is 11.6 Å². The number of benzene rings is 1. The van der Waals surface area contributed by atoms with Crippen molar-refractivity contribution in [2.45, 2.75) is 0 Å². The molecule has 0 bridgehead atoms. The first kappa shape index (κ1) is 10.2. The van der Waals surface area contributed by atoms with Gasteiger partial charge in [0.25, 0.3) is 5.56 Å². The molecule has 0 saturated carbocycles. The van der Waals surface area contributed by atoms with E-state index >= 15 is 0 Å². The van der Waals surface area contributed by atoms with Crippen LogP contribution < -0.4 is 16.0 Å². The molecule has 0 atom stereocenters. The number of hydrogen-bond donors (Lipinski definition) is 1. The zero-order chi connectivity index (χ0) is 11.5. The van der Waals surface area contributed by atoms with Crippen LogP contribution >= 0.6 is 0 Å². The molecule has 0 spiro atoms. The van der Waals surface area contributed by atoms with E-state index in [1.165, 1.54) is 13.1 Å². The van der Waals surface area contributed by atoms with Gasteiger partial charge in [-0.1, -0.05) is 18.2 Å². The topological polar surface area (TPSA) is 64.1 Å². The van der Waals surface area contributed by atoms with E-state index in [1.807, 2.05) is 6.07 Å². The summed E-state index contributed by atoms with van der Waals surface area (Å²) >= 11 is 0. The molecule has 0 fully saturated rings. The lowest BCUT2D eigenvalue weighted by atomic mass is 10.3. The fourth-order valence-corrected chi connectivity index (χ4v) is 1.20. The summed E-state index contributed by atoms with van der Waals surface area (Å²) in [6.45, 7) is 0. The molecule has 5 heteroatoms. The van der Waals surface area contributed by atoms with E-state index in [0.29, 0.717) is 5.75 Å². The number of H-pyrrole nitrogens is 1. The van der Waals surface area contributed by atoms with Gasteiger partial charge in [-0.15, -0.1) is 0 Å². The first-order valence-corrected chi connectivity index (χ1v) is 4.70. The second-order valence-corrected chi connectivity index (χ2v) is 3.25. The summed E-state index contributed by atoms with van der Waals surface area (Å²) in [5.41, 5.74) is -0.909. The molecule has 2 rings (SSSR count). The van der Waals surface area contributed by atoms with E-state index < -0.39 is 11.2 Å². The van der Waals surface area contributed by atoms with Crippen molar-refractivity contribution in [2.24, 2.45) is 7.05 Å². The molecule has 1 aromatic heterocycles. The molecule has 0 radical (unpaired) electrons. The van der Waals surface area contributed by atoms with Gasteiger partial charge in [0.05, 0.1) is 6.07 Å². The third kappa shape index (κ3) is 2.03. The van der Waals surface area contributed by atoms with Crippen LogP contribution in [0, 0.1) is 0 Å². The molecule has 0 aliphatic heterocycles. The van der Waals surface area contributed by atoms with Crippen LogP contribution in [0.3, 0.4) is 0 Å². The summed E-state index contributed by atoms with van der Waals surface area (Å²) in [4.78, 5) is 25.0. The van der Waals surface area contributed by atoms with Gasteiger partial charge in [-0.3, -0.25) is 14.3 Å². The van der Waals surface area contributed by atoms with Crippen molar-refractivity contribution in [3.8, 4) is 11.6 Å². The Morgan fingerprint density at radius 3 is 2.50 bits per heavy atom. The first-order valence-electron chi connectivity index (χ1n) is 4.70. The molecule has 0 saturated heterocycles. The van der Waals surface area contributed by atoms with E-state index in [0.717, 1.165) is 4.57 Å². The highest BCUT2D eigenvalue weighted by Crippen LogP contribution is 2.15. The molecule has 16 heavy (non-hydrogen) atoms. The molecule has 2 aromatic rings. The fraction of sp³-hybridized carbons (Fsp3) is 0.0909. The van der Waals surface area contributed by atoms with Crippen LogP contribution in [0.15, 0.2) is 46.0 Å². The average molecular weight is 218 g/mol. The van der Waals surface area contributed by atoms with Crippen LogP contribution in [-0.4, -0.2) is 9.55 Å². The van der Waals surface area contributed by atoms with Crippen LogP contribution in [-0.2, 0) is 7.05 Å². The Kier molecular flexibility index (Phi) is 2.59. The third-order valence-electron chi connectivity index (χ3n) is 2.09. The molecule has 0 unspecified atom stereocenters. The summed E-state index contributed by atoms with van der Waals surface area (Å²) < 4.78 is 6.30. The lowest BCUT2D eigenvalue weighted by molar-refractivity contribution is 0.454. The molecule has 82 valence electrons. The third-order valence-corrected chi connectivity index (χ3v) is 2.09. The SMILES string of the molecule is Cn1c(=O)cc(Oc2ccccc2)[nH]c1=O. The predicted octanol–water partition coefficient (Wildman–Crippen LogP) is 0.866. The standard InChI is InChI=1S/C11H10N2O3/c1-13-10(14)7-9(12-11(13)15)16-8-5-3-2-4-6-8/h2-7H,1H3,(H,12,15). The highest BCUT2D eigenvalue weighted by molar-refractivity contribution is 5.25. The Bertz CT molecular complexity index is 567. The maximum atomic E-state index is 11.3. The van der Waals surface area contributed by atoms with Gasteiger partial charge in [0.15, 0.2) is 0 Å². The Labute approximate surface area is 90.9 Å². The molecule has 1 aromatic carbocycles. The van der Waals surface area contributed by atoms with Crippen molar-refractivity contribution in [2.75, 3.05) is 0 Å². The normalized spacial score (nSPS) is 10.1. The van der Waals surface area contributed by atoms with Gasteiger partial charge in [0.2, 0.25) is 5.88 Å². The smallest absolute Gasteiger partial charge is 0.330 e. The van der Waals surface area contributed by atoms with E-state index in [1.54, 1.807) is 24.3 Å². The molecule has 0 amide bonds. The summed E-state index contributed by atoms with van der Waals surface area (Å²) in [6.07, 6.45) is 0. The van der Waals surface area contributed by atoms with E-state index in [2.05, 4.69) is 4.98 Å². The molecular formula is C11H10N2O3. The minimum absolute atomic E-state index is 0.138. The van der Waals surface area contributed by atoms with E-state index in [9.17, 15) is 9.59 Å². The van der Waals surface area contributed by atoms with Gasteiger partial charge >= 0.3 is 5.69 Å². The summed E-state index contributed by atoms with van der Waals surface area (Å²) in [5.74, 6) is 0.700. The average Bonchev–Trinajstić information content (AvgIpc) is 2.27. The molecule has 5 nitrogen and oxygen atoms in total. The Morgan fingerprint density at radius 1 is 1.19 bits per heavy atom. The number of para-hydroxylation sites is 1. The highest BCUT2D eigenvalue weighted by Gasteiger charge is 2.02. The summed E-state index contributed by atoms with van der Waals surface area (Å²) in [6, 6.07) is 10.1. The minimum atomic E-state index is -0.501. The van der Waals surface area contributed by atoms with Gasteiger partial charge in [0.1, 0.15) is 5.75 Å². The second-order valence-electron chi connectivity index (χ2n) is 3.25. The maximum absolute atomic E-state index is 11.3. The molecule has 1 N–H and O–H groups in total. The largest absolute Gasteiger partial charge is 0.441 e. The van der Waals surface area contributed by atoms with Gasteiger partial charge in [-0.25, -0.2) is 4.79 Å². The lowest BCUT2D eigenvalue weighted by Crippen LogP contribution is -2.31. The fourth-order valence-electron chi connectivity index (χ4n) is 1.20. The number of nitrogens with zero attached hydrogens (tertiary/aromatic N) is 1. The van der Waals surface area contributed by atoms with Crippen LogP contribution in [0.1, 0.15) is 0 Å². The number of aromatic amines is 1. The van der Waals surface area contributed by atoms with Crippen molar-refractivity contribution in [1.29, 1.82) is 0 Å². The van der Waals surface area contributed by atoms with Crippen LogP contribution in [0.2, 0.25) is 0 Å². The van der Waals surface area contributed by atoms with Crippen molar-refractivity contribution < 1.29 is 4.74 Å². The Hall–Kier alpha value is -2.30. The van der Waals surface area contributed by atoms with Gasteiger partial charge in [0, 0.05) is 7.05 Å². The second kappa shape index (κ2) is 4.06. The first-order chi connectivity index (χ1) is 7.66. The zero-order valence-corrected chi connectivity index (χ0v) is 8.64. The molecule has 0 aliphatic rings. The van der Waals surface area contributed by atoms with Gasteiger partial charge < -0.3 is 4.74 Å². The predicted molar refractivity (Wildman–Crippen MR) is 58.8 cm³/mol. The molecule has 1 heterocycles. The van der Waals surface area contributed by atoms with Crippen molar-refractivity contribution >= 4 is 0 Å². The van der Waals surface area contributed by atoms with Gasteiger partial charge in [-0.05, 0) is 12.1 Å². The number of aromatic nitrogens is 2. The van der Waals surface area contributed by atoms with Crippen molar-refractivity contribution in [1.82, 2.24) is 9.55 Å². The summed E-state index contributed by atoms with van der Waals surface area (Å²) in [5, 5.41) is 0. The van der Waals surface area contributed by atoms with Crippen LogP contribution in [0.25, 0.3) is 0 Å². The number of nitrogens with one attached hydrogen (secondary N) is 1. The minimum Gasteiger partial charge on any atom is -0.441 e. The Balaban J connectivity index is 2.37. The summed E-state index contributed by atoms with van der Waals surface area (Å²) in [7, 11) is 1.40. The van der Waals surface area contributed by atoms with Crippen molar-refractivity contribution in [3.63, 3.8) is 0 Å². The number of ether oxygens (including phenoxy) is 1. The van der Waals surface area contributed by atoms with Crippen LogP contribution in [0.4, 0.5) is 0 Å². The monoisotopic (exact) mass is 218 g/mol. The zero-order valence-electron chi connectivity index (χ0n) is 8.64. The van der Waals surface area contributed by atoms with Gasteiger partial charge in [-0.2, -0.15) is 0 Å². The Morgan fingerprint density at radius 2 is 1.88 bits per heavy atom. The molecule has 0 aliphatic carbocycles. The van der Waals surface area contributed by atoms with E-state index in [4.69, 9.17) is 4.74 Å². The van der Waals surface area contributed by atoms with E-state index in [-0.39, 0.29) is 5.88 Å².